The van der Waals surface area contributed by atoms with Crippen LogP contribution in [0.25, 0.3) is 0 Å². The number of hydrogen-bond donors (Lipinski definition) is 1. The number of nitrogens with zero attached hydrogens (tertiary/aromatic N) is 3. The van der Waals surface area contributed by atoms with Crippen molar-refractivity contribution >= 4 is 21.6 Å². The van der Waals surface area contributed by atoms with Crippen molar-refractivity contribution < 1.29 is 22.3 Å². The predicted molar refractivity (Wildman–Crippen MR) is 113 cm³/mol. The van der Waals surface area contributed by atoms with Crippen molar-refractivity contribution in [1.29, 1.82) is 5.26 Å². The summed E-state index contributed by atoms with van der Waals surface area (Å²) in [5.74, 6) is -0.277. The molecular formula is C21H23FN4O4S. The van der Waals surface area contributed by atoms with Gasteiger partial charge in [0, 0.05) is 26.2 Å². The van der Waals surface area contributed by atoms with Crippen LogP contribution in [-0.4, -0.2) is 62.9 Å². The molecule has 164 valence electrons. The summed E-state index contributed by atoms with van der Waals surface area (Å²) in [7, 11) is -3.82. The van der Waals surface area contributed by atoms with Crippen molar-refractivity contribution in [3.63, 3.8) is 0 Å². The maximum Gasteiger partial charge on any atom is 0.243 e. The lowest BCUT2D eigenvalue weighted by atomic mass is 10.2. The number of nitrogens with one attached hydrogen (secondary N) is 1. The molecule has 2 aromatic carbocycles. The van der Waals surface area contributed by atoms with Gasteiger partial charge in [0.25, 0.3) is 0 Å². The normalized spacial score (nSPS) is 14.7. The van der Waals surface area contributed by atoms with Crippen LogP contribution in [-0.2, 0) is 14.8 Å². The molecule has 0 saturated carbocycles. The molecule has 31 heavy (non-hydrogen) atoms. The minimum Gasteiger partial charge on any atom is -0.492 e. The lowest BCUT2D eigenvalue weighted by Gasteiger charge is -2.34. The highest BCUT2D eigenvalue weighted by Crippen LogP contribution is 2.26. The van der Waals surface area contributed by atoms with Crippen LogP contribution in [0.3, 0.4) is 0 Å². The number of anilines is 1. The Labute approximate surface area is 180 Å². The van der Waals surface area contributed by atoms with Gasteiger partial charge in [0.05, 0.1) is 35.4 Å². The second-order valence-electron chi connectivity index (χ2n) is 6.85. The molecule has 1 aliphatic rings. The molecule has 8 nitrogen and oxygen atoms in total. The molecular weight excluding hydrogens is 423 g/mol. The molecule has 10 heteroatoms. The van der Waals surface area contributed by atoms with Gasteiger partial charge in [0.1, 0.15) is 11.6 Å². The first-order valence-corrected chi connectivity index (χ1v) is 11.2. The van der Waals surface area contributed by atoms with Gasteiger partial charge >= 0.3 is 0 Å². The SMILES string of the molecule is CCOc1ccc(C#N)cc1NCC(=O)N1CCN(S(=O)(=O)c2cccc(F)c2)CC1. The number of piperazine rings is 1. The zero-order valence-electron chi connectivity index (χ0n) is 17.0. The van der Waals surface area contributed by atoms with E-state index in [1.165, 1.54) is 22.5 Å². The maximum atomic E-state index is 13.4. The lowest BCUT2D eigenvalue weighted by Crippen LogP contribution is -2.51. The van der Waals surface area contributed by atoms with Crippen LogP contribution in [0, 0.1) is 17.1 Å². The fourth-order valence-electron chi connectivity index (χ4n) is 3.26. The fourth-order valence-corrected chi connectivity index (χ4v) is 4.71. The van der Waals surface area contributed by atoms with Crippen molar-refractivity contribution in [1.82, 2.24) is 9.21 Å². The number of amides is 1. The van der Waals surface area contributed by atoms with Crippen molar-refractivity contribution in [3.05, 3.63) is 53.8 Å². The quantitative estimate of drug-likeness (QED) is 0.698. The van der Waals surface area contributed by atoms with Crippen LogP contribution in [0.5, 0.6) is 5.75 Å². The van der Waals surface area contributed by atoms with Gasteiger partial charge in [0.2, 0.25) is 15.9 Å². The molecule has 1 heterocycles. The van der Waals surface area contributed by atoms with Crippen LogP contribution in [0.2, 0.25) is 0 Å². The molecule has 1 fully saturated rings. The van der Waals surface area contributed by atoms with Crippen molar-refractivity contribution in [2.24, 2.45) is 0 Å². The third-order valence-corrected chi connectivity index (χ3v) is 6.76. The Balaban J connectivity index is 1.59. The van der Waals surface area contributed by atoms with Crippen molar-refractivity contribution in [3.8, 4) is 11.8 Å². The van der Waals surface area contributed by atoms with E-state index in [4.69, 9.17) is 10.00 Å². The van der Waals surface area contributed by atoms with Gasteiger partial charge in [-0.3, -0.25) is 4.79 Å². The van der Waals surface area contributed by atoms with Gasteiger partial charge in [-0.05, 0) is 43.3 Å². The molecule has 0 spiro atoms. The monoisotopic (exact) mass is 446 g/mol. The van der Waals surface area contributed by atoms with Gasteiger partial charge in [0.15, 0.2) is 0 Å². The number of halogens is 1. The molecule has 0 aromatic heterocycles. The third kappa shape index (κ3) is 5.31. The van der Waals surface area contributed by atoms with E-state index in [0.29, 0.717) is 23.6 Å². The Morgan fingerprint density at radius 1 is 1.19 bits per heavy atom. The fraction of sp³-hybridized carbons (Fsp3) is 0.333. The number of benzene rings is 2. The summed E-state index contributed by atoms with van der Waals surface area (Å²) in [5.41, 5.74) is 0.983. The summed E-state index contributed by atoms with van der Waals surface area (Å²) in [6, 6.07) is 11.8. The number of carbonyl (C=O) groups excluding carboxylic acids is 1. The highest BCUT2D eigenvalue weighted by atomic mass is 32.2. The van der Waals surface area contributed by atoms with E-state index in [9.17, 15) is 17.6 Å². The highest BCUT2D eigenvalue weighted by molar-refractivity contribution is 7.89. The number of nitriles is 1. The first kappa shape index (κ1) is 22.5. The number of sulfonamides is 1. The standard InChI is InChI=1S/C21H23FN4O4S/c1-2-30-20-7-6-16(14-23)12-19(20)24-15-21(27)25-8-10-26(11-9-25)31(28,29)18-5-3-4-17(22)13-18/h3-7,12-13,24H,2,8-11,15H2,1H3. The zero-order valence-corrected chi connectivity index (χ0v) is 17.9. The molecule has 0 unspecified atom stereocenters. The Kier molecular flexibility index (Phi) is 7.09. The van der Waals surface area contributed by atoms with E-state index in [1.54, 1.807) is 23.1 Å². The van der Waals surface area contributed by atoms with Gasteiger partial charge < -0.3 is 15.0 Å². The van der Waals surface area contributed by atoms with Crippen molar-refractivity contribution in [2.75, 3.05) is 44.6 Å². The molecule has 1 aliphatic heterocycles. The third-order valence-electron chi connectivity index (χ3n) is 4.86. The number of ether oxygens (including phenoxy) is 1. The smallest absolute Gasteiger partial charge is 0.243 e. The Morgan fingerprint density at radius 3 is 2.58 bits per heavy atom. The summed E-state index contributed by atoms with van der Waals surface area (Å²) in [4.78, 5) is 14.1. The second kappa shape index (κ2) is 9.76. The second-order valence-corrected chi connectivity index (χ2v) is 8.79. The maximum absolute atomic E-state index is 13.4. The summed E-state index contributed by atoms with van der Waals surface area (Å²) < 4.78 is 45.6. The largest absolute Gasteiger partial charge is 0.492 e. The average molecular weight is 447 g/mol. The molecule has 0 atom stereocenters. The van der Waals surface area contributed by atoms with E-state index in [1.807, 2.05) is 13.0 Å². The lowest BCUT2D eigenvalue weighted by molar-refractivity contribution is -0.130. The van der Waals surface area contributed by atoms with Crippen LogP contribution in [0.4, 0.5) is 10.1 Å². The number of carbonyl (C=O) groups is 1. The predicted octanol–water partition coefficient (Wildman–Crippen LogP) is 2.04. The average Bonchev–Trinajstić information content (AvgIpc) is 2.78. The van der Waals surface area contributed by atoms with E-state index in [0.717, 1.165) is 6.07 Å². The summed E-state index contributed by atoms with van der Waals surface area (Å²) in [6.45, 7) is 2.96. The van der Waals surface area contributed by atoms with E-state index < -0.39 is 15.8 Å². The molecule has 3 rings (SSSR count). The molecule has 1 saturated heterocycles. The summed E-state index contributed by atoms with van der Waals surface area (Å²) >= 11 is 0. The van der Waals surface area contributed by atoms with Crippen LogP contribution in [0.15, 0.2) is 47.4 Å². The zero-order chi connectivity index (χ0) is 22.4. The minimum absolute atomic E-state index is 0.0222. The first-order valence-electron chi connectivity index (χ1n) is 9.79. The van der Waals surface area contributed by atoms with E-state index >= 15 is 0 Å². The topological polar surface area (TPSA) is 103 Å². The molecule has 1 amide bonds. The number of rotatable bonds is 7. The van der Waals surface area contributed by atoms with Crippen LogP contribution < -0.4 is 10.1 Å². The molecule has 2 aromatic rings. The van der Waals surface area contributed by atoms with Crippen molar-refractivity contribution in [2.45, 2.75) is 11.8 Å². The molecule has 0 aliphatic carbocycles. The molecule has 0 radical (unpaired) electrons. The van der Waals surface area contributed by atoms with Gasteiger partial charge in [-0.1, -0.05) is 6.07 Å². The van der Waals surface area contributed by atoms with E-state index in [-0.39, 0.29) is 43.5 Å². The van der Waals surface area contributed by atoms with Gasteiger partial charge in [-0.2, -0.15) is 9.57 Å². The Morgan fingerprint density at radius 2 is 1.94 bits per heavy atom. The summed E-state index contributed by atoms with van der Waals surface area (Å²) in [5, 5.41) is 12.1. The Bertz CT molecular complexity index is 1090. The minimum atomic E-state index is -3.82. The van der Waals surface area contributed by atoms with Gasteiger partial charge in [-0.25, -0.2) is 12.8 Å². The van der Waals surface area contributed by atoms with Gasteiger partial charge in [-0.15, -0.1) is 0 Å². The number of hydrogen-bond acceptors (Lipinski definition) is 6. The Hall–Kier alpha value is -3.16. The van der Waals surface area contributed by atoms with Crippen LogP contribution in [0.1, 0.15) is 12.5 Å². The van der Waals surface area contributed by atoms with Crippen LogP contribution >= 0.6 is 0 Å². The molecule has 0 bridgehead atoms. The highest BCUT2D eigenvalue weighted by Gasteiger charge is 2.30. The molecule has 1 N–H and O–H groups in total. The first-order chi connectivity index (χ1) is 14.8. The summed E-state index contributed by atoms with van der Waals surface area (Å²) in [6.07, 6.45) is 0. The van der Waals surface area contributed by atoms with E-state index in [2.05, 4.69) is 5.32 Å².